The maximum atomic E-state index is 11.1. The molecule has 0 saturated heterocycles. The maximum absolute atomic E-state index is 11.1. The lowest BCUT2D eigenvalue weighted by Gasteiger charge is -2.13. The van der Waals surface area contributed by atoms with E-state index in [0.717, 1.165) is 12.8 Å². The SMILES string of the molecule is CCCCOC(=O)NC(CC(=O)O)SC. The van der Waals surface area contributed by atoms with E-state index in [-0.39, 0.29) is 6.42 Å². The van der Waals surface area contributed by atoms with E-state index in [1.807, 2.05) is 6.92 Å². The van der Waals surface area contributed by atoms with Crippen molar-refractivity contribution in [3.05, 3.63) is 0 Å². The molecule has 0 aliphatic heterocycles. The first-order valence-electron chi connectivity index (χ1n) is 4.78. The molecule has 0 aliphatic rings. The molecule has 5 nitrogen and oxygen atoms in total. The van der Waals surface area contributed by atoms with Crippen LogP contribution in [0.15, 0.2) is 0 Å². The topological polar surface area (TPSA) is 75.6 Å². The van der Waals surface area contributed by atoms with E-state index in [1.54, 1.807) is 6.26 Å². The van der Waals surface area contributed by atoms with Crippen molar-refractivity contribution in [3.8, 4) is 0 Å². The molecule has 15 heavy (non-hydrogen) atoms. The number of ether oxygens (including phenoxy) is 1. The molecule has 0 aromatic rings. The molecule has 2 N–H and O–H groups in total. The van der Waals surface area contributed by atoms with E-state index in [2.05, 4.69) is 5.32 Å². The summed E-state index contributed by atoms with van der Waals surface area (Å²) < 4.78 is 4.84. The number of carbonyl (C=O) groups excluding carboxylic acids is 1. The molecule has 0 spiro atoms. The van der Waals surface area contributed by atoms with Crippen LogP contribution in [0.1, 0.15) is 26.2 Å². The van der Waals surface area contributed by atoms with Gasteiger partial charge in [0.15, 0.2) is 0 Å². The van der Waals surface area contributed by atoms with Crippen LogP contribution < -0.4 is 5.32 Å². The first kappa shape index (κ1) is 14.1. The largest absolute Gasteiger partial charge is 0.481 e. The van der Waals surface area contributed by atoms with E-state index in [1.165, 1.54) is 11.8 Å². The van der Waals surface area contributed by atoms with Gasteiger partial charge in [0.1, 0.15) is 0 Å². The summed E-state index contributed by atoms with van der Waals surface area (Å²) in [5.41, 5.74) is 0. The second kappa shape index (κ2) is 8.40. The molecule has 1 amide bonds. The number of hydrogen-bond donors (Lipinski definition) is 2. The molecular weight excluding hydrogens is 218 g/mol. The molecule has 1 unspecified atom stereocenters. The predicted molar refractivity (Wildman–Crippen MR) is 58.9 cm³/mol. The van der Waals surface area contributed by atoms with Gasteiger partial charge in [0.05, 0.1) is 18.4 Å². The van der Waals surface area contributed by atoms with Gasteiger partial charge in [-0.3, -0.25) is 4.79 Å². The summed E-state index contributed by atoms with van der Waals surface area (Å²) in [7, 11) is 0. The molecule has 6 heteroatoms. The smallest absolute Gasteiger partial charge is 0.408 e. The number of amides is 1. The lowest BCUT2D eigenvalue weighted by molar-refractivity contribution is -0.137. The Labute approximate surface area is 93.6 Å². The molecule has 0 saturated carbocycles. The van der Waals surface area contributed by atoms with Crippen LogP contribution in [-0.4, -0.2) is 35.4 Å². The van der Waals surface area contributed by atoms with Crippen LogP contribution in [-0.2, 0) is 9.53 Å². The number of carbonyl (C=O) groups is 2. The van der Waals surface area contributed by atoms with Gasteiger partial charge < -0.3 is 15.2 Å². The van der Waals surface area contributed by atoms with E-state index in [9.17, 15) is 9.59 Å². The molecule has 0 aromatic heterocycles. The predicted octanol–water partition coefficient (Wildman–Crippen LogP) is 1.68. The number of hydrogen-bond acceptors (Lipinski definition) is 4. The number of rotatable bonds is 7. The first-order valence-corrected chi connectivity index (χ1v) is 6.06. The molecule has 0 aromatic carbocycles. The highest BCUT2D eigenvalue weighted by atomic mass is 32.2. The van der Waals surface area contributed by atoms with E-state index in [4.69, 9.17) is 9.84 Å². The second-order valence-electron chi connectivity index (χ2n) is 2.96. The van der Waals surface area contributed by atoms with Crippen molar-refractivity contribution in [2.24, 2.45) is 0 Å². The molecule has 0 rings (SSSR count). The number of thioether (sulfide) groups is 1. The van der Waals surface area contributed by atoms with Crippen molar-refractivity contribution >= 4 is 23.8 Å². The van der Waals surface area contributed by atoms with Crippen molar-refractivity contribution in [3.63, 3.8) is 0 Å². The number of aliphatic carboxylic acids is 1. The Balaban J connectivity index is 3.75. The summed E-state index contributed by atoms with van der Waals surface area (Å²) in [6.45, 7) is 2.37. The van der Waals surface area contributed by atoms with Crippen LogP contribution in [0.4, 0.5) is 4.79 Å². The monoisotopic (exact) mass is 235 g/mol. The summed E-state index contributed by atoms with van der Waals surface area (Å²) in [6, 6.07) is 0. The van der Waals surface area contributed by atoms with Gasteiger partial charge >= 0.3 is 12.1 Å². The minimum Gasteiger partial charge on any atom is -0.481 e. The van der Waals surface area contributed by atoms with Gasteiger partial charge in [-0.25, -0.2) is 4.79 Å². The second-order valence-corrected chi connectivity index (χ2v) is 4.00. The highest BCUT2D eigenvalue weighted by Crippen LogP contribution is 2.07. The molecule has 0 fully saturated rings. The average Bonchev–Trinajstić information content (AvgIpc) is 2.16. The average molecular weight is 235 g/mol. The number of carboxylic acids is 1. The molecule has 0 radical (unpaired) electrons. The Kier molecular flexibility index (Phi) is 7.89. The minimum absolute atomic E-state index is 0.107. The normalized spacial score (nSPS) is 11.9. The fraction of sp³-hybridized carbons (Fsp3) is 0.778. The van der Waals surface area contributed by atoms with E-state index >= 15 is 0 Å². The first-order chi connectivity index (χ1) is 7.10. The number of nitrogens with one attached hydrogen (secondary N) is 1. The van der Waals surface area contributed by atoms with Crippen molar-refractivity contribution < 1.29 is 19.4 Å². The van der Waals surface area contributed by atoms with Crippen LogP contribution in [0.25, 0.3) is 0 Å². The molecule has 1 atom stereocenters. The van der Waals surface area contributed by atoms with Crippen LogP contribution in [0.5, 0.6) is 0 Å². The lowest BCUT2D eigenvalue weighted by Crippen LogP contribution is -2.34. The van der Waals surface area contributed by atoms with Crippen LogP contribution in [0.2, 0.25) is 0 Å². The summed E-state index contributed by atoms with van der Waals surface area (Å²) in [5.74, 6) is -0.941. The van der Waals surface area contributed by atoms with Gasteiger partial charge in [0.25, 0.3) is 0 Å². The Morgan fingerprint density at radius 2 is 2.20 bits per heavy atom. The van der Waals surface area contributed by atoms with Crippen LogP contribution in [0, 0.1) is 0 Å². The van der Waals surface area contributed by atoms with Gasteiger partial charge in [-0.05, 0) is 12.7 Å². The van der Waals surface area contributed by atoms with Gasteiger partial charge in [-0.1, -0.05) is 13.3 Å². The highest BCUT2D eigenvalue weighted by Gasteiger charge is 2.14. The third-order valence-corrected chi connectivity index (χ3v) is 2.51. The van der Waals surface area contributed by atoms with Gasteiger partial charge in [0.2, 0.25) is 0 Å². The number of alkyl carbamates (subject to hydrolysis) is 1. The molecule has 0 heterocycles. The fourth-order valence-electron chi connectivity index (χ4n) is 0.834. The maximum Gasteiger partial charge on any atom is 0.408 e. The van der Waals surface area contributed by atoms with Crippen molar-refractivity contribution in [1.82, 2.24) is 5.32 Å². The van der Waals surface area contributed by atoms with Crippen LogP contribution >= 0.6 is 11.8 Å². The Morgan fingerprint density at radius 3 is 2.67 bits per heavy atom. The van der Waals surface area contributed by atoms with Gasteiger partial charge in [-0.2, -0.15) is 0 Å². The summed E-state index contributed by atoms with van der Waals surface area (Å²) in [4.78, 5) is 21.5. The van der Waals surface area contributed by atoms with Crippen LogP contribution in [0.3, 0.4) is 0 Å². The fourth-order valence-corrected chi connectivity index (χ4v) is 1.36. The number of carboxylic acid groups (broad SMARTS) is 1. The summed E-state index contributed by atoms with van der Waals surface area (Å²) in [5, 5.41) is 10.6. The number of unbranched alkanes of at least 4 members (excludes halogenated alkanes) is 1. The third kappa shape index (κ3) is 8.11. The zero-order chi connectivity index (χ0) is 11.7. The molecular formula is C9H17NO4S. The Morgan fingerprint density at radius 1 is 1.53 bits per heavy atom. The van der Waals surface area contributed by atoms with Crippen molar-refractivity contribution in [2.45, 2.75) is 31.6 Å². The standard InChI is InChI=1S/C9H17NO4S/c1-3-4-5-14-9(13)10-7(15-2)6-8(11)12/h7H,3-6H2,1-2H3,(H,10,13)(H,11,12). The minimum atomic E-state index is -0.941. The van der Waals surface area contributed by atoms with E-state index in [0.29, 0.717) is 6.61 Å². The van der Waals surface area contributed by atoms with E-state index < -0.39 is 17.4 Å². The summed E-state index contributed by atoms with van der Waals surface area (Å²) in [6.07, 6.45) is 2.85. The summed E-state index contributed by atoms with van der Waals surface area (Å²) >= 11 is 1.27. The molecule has 0 bridgehead atoms. The Hall–Kier alpha value is -0.910. The lowest BCUT2D eigenvalue weighted by atomic mass is 10.4. The zero-order valence-corrected chi connectivity index (χ0v) is 9.80. The Bertz CT molecular complexity index is 210. The van der Waals surface area contributed by atoms with Gasteiger partial charge in [-0.15, -0.1) is 11.8 Å². The van der Waals surface area contributed by atoms with Crippen molar-refractivity contribution in [1.29, 1.82) is 0 Å². The molecule has 0 aliphatic carbocycles. The highest BCUT2D eigenvalue weighted by molar-refractivity contribution is 7.99. The third-order valence-electron chi connectivity index (χ3n) is 1.65. The van der Waals surface area contributed by atoms with Gasteiger partial charge in [0, 0.05) is 0 Å². The molecule has 88 valence electrons. The van der Waals surface area contributed by atoms with Crippen molar-refractivity contribution in [2.75, 3.05) is 12.9 Å². The quantitative estimate of drug-likeness (QED) is 0.518. The zero-order valence-electron chi connectivity index (χ0n) is 8.99.